The smallest absolute Gasteiger partial charge is 0.269 e. The molecule has 104 valence electrons. The molecule has 0 unspecified atom stereocenters. The third-order valence-corrected chi connectivity index (χ3v) is 5.65. The number of sulfone groups is 1. The van der Waals surface area contributed by atoms with E-state index in [0.717, 1.165) is 18.4 Å². The summed E-state index contributed by atoms with van der Waals surface area (Å²) in [6.07, 6.45) is 0.788. The Balaban J connectivity index is 3.23. The van der Waals surface area contributed by atoms with Crippen LogP contribution in [-0.4, -0.2) is 29.6 Å². The van der Waals surface area contributed by atoms with Crippen molar-refractivity contribution in [2.45, 2.75) is 17.6 Å². The monoisotopic (exact) mass is 305 g/mol. The molecule has 0 heterocycles. The SMILES string of the molecule is CC[C@@](Cl)(C(=O)c1ccc([N+](=O)[O-])cc1)S(C)(=O)=O. The van der Waals surface area contributed by atoms with Crippen LogP contribution in [0.25, 0.3) is 0 Å². The lowest BCUT2D eigenvalue weighted by atomic mass is 10.1. The van der Waals surface area contributed by atoms with E-state index in [4.69, 9.17) is 11.6 Å². The Labute approximate surface area is 115 Å². The highest BCUT2D eigenvalue weighted by Gasteiger charge is 2.45. The van der Waals surface area contributed by atoms with Crippen LogP contribution in [0.4, 0.5) is 5.69 Å². The van der Waals surface area contributed by atoms with Crippen LogP contribution in [0.1, 0.15) is 23.7 Å². The van der Waals surface area contributed by atoms with Gasteiger partial charge in [-0.2, -0.15) is 0 Å². The van der Waals surface area contributed by atoms with Crippen LogP contribution in [0.3, 0.4) is 0 Å². The highest BCUT2D eigenvalue weighted by molar-refractivity contribution is 7.94. The molecule has 6 nitrogen and oxygen atoms in total. The number of nitro benzene ring substituents is 1. The van der Waals surface area contributed by atoms with Gasteiger partial charge in [-0.05, 0) is 18.6 Å². The maximum Gasteiger partial charge on any atom is 0.269 e. The predicted octanol–water partition coefficient (Wildman–Crippen LogP) is 2.17. The molecule has 0 spiro atoms. The van der Waals surface area contributed by atoms with Gasteiger partial charge in [-0.25, -0.2) is 8.42 Å². The van der Waals surface area contributed by atoms with Gasteiger partial charge in [-0.15, -0.1) is 0 Å². The molecule has 0 saturated carbocycles. The maximum atomic E-state index is 12.1. The van der Waals surface area contributed by atoms with E-state index in [9.17, 15) is 23.3 Å². The average Bonchev–Trinajstić information content (AvgIpc) is 2.35. The molecule has 0 N–H and O–H groups in total. The second-order valence-electron chi connectivity index (χ2n) is 3.99. The van der Waals surface area contributed by atoms with Crippen LogP contribution < -0.4 is 0 Å². The molecule has 1 rings (SSSR count). The molecule has 0 aromatic heterocycles. The number of hydrogen-bond donors (Lipinski definition) is 0. The van der Waals surface area contributed by atoms with Crippen LogP contribution in [-0.2, 0) is 9.84 Å². The Morgan fingerprint density at radius 1 is 1.37 bits per heavy atom. The van der Waals surface area contributed by atoms with Gasteiger partial charge in [0.25, 0.3) is 5.69 Å². The molecule has 0 saturated heterocycles. The van der Waals surface area contributed by atoms with Crippen molar-refractivity contribution in [1.29, 1.82) is 0 Å². The van der Waals surface area contributed by atoms with Gasteiger partial charge in [-0.1, -0.05) is 18.5 Å². The lowest BCUT2D eigenvalue weighted by Gasteiger charge is -2.21. The van der Waals surface area contributed by atoms with Crippen molar-refractivity contribution in [3.05, 3.63) is 39.9 Å². The van der Waals surface area contributed by atoms with E-state index in [2.05, 4.69) is 0 Å². The van der Waals surface area contributed by atoms with Crippen molar-refractivity contribution in [1.82, 2.24) is 0 Å². The molecule has 0 amide bonds. The quantitative estimate of drug-likeness (QED) is 0.359. The van der Waals surface area contributed by atoms with Crippen molar-refractivity contribution in [3.63, 3.8) is 0 Å². The molecular formula is C11H12ClNO5S. The van der Waals surface area contributed by atoms with Gasteiger partial charge in [-0.3, -0.25) is 14.9 Å². The first-order valence-corrected chi connectivity index (χ1v) is 7.58. The van der Waals surface area contributed by atoms with Crippen molar-refractivity contribution < 1.29 is 18.1 Å². The first-order chi connectivity index (χ1) is 8.63. The fourth-order valence-corrected chi connectivity index (χ4v) is 2.63. The largest absolute Gasteiger partial charge is 0.291 e. The average molecular weight is 306 g/mol. The number of alkyl halides is 1. The number of hydrogen-bond acceptors (Lipinski definition) is 5. The zero-order valence-electron chi connectivity index (χ0n) is 10.3. The first-order valence-electron chi connectivity index (χ1n) is 5.31. The summed E-state index contributed by atoms with van der Waals surface area (Å²) in [7, 11) is -3.81. The molecule has 0 aliphatic carbocycles. The zero-order valence-corrected chi connectivity index (χ0v) is 11.9. The number of carbonyl (C=O) groups is 1. The fraction of sp³-hybridized carbons (Fsp3) is 0.364. The number of nitrogens with zero attached hydrogens (tertiary/aromatic N) is 1. The Morgan fingerprint density at radius 3 is 2.16 bits per heavy atom. The highest BCUT2D eigenvalue weighted by Crippen LogP contribution is 2.31. The van der Waals surface area contributed by atoms with E-state index in [1.54, 1.807) is 0 Å². The summed E-state index contributed by atoms with van der Waals surface area (Å²) in [5, 5.41) is 10.5. The van der Waals surface area contributed by atoms with Crippen LogP contribution in [0, 0.1) is 10.1 Å². The number of nitro groups is 1. The van der Waals surface area contributed by atoms with Gasteiger partial charge >= 0.3 is 0 Å². The lowest BCUT2D eigenvalue weighted by Crippen LogP contribution is -2.40. The number of Topliss-reactive ketones (excluding diaryl/α,β-unsaturated/α-hetero) is 1. The van der Waals surface area contributed by atoms with E-state index in [1.165, 1.54) is 19.1 Å². The molecule has 0 aliphatic rings. The van der Waals surface area contributed by atoms with E-state index in [1.807, 2.05) is 0 Å². The Morgan fingerprint density at radius 2 is 1.84 bits per heavy atom. The summed E-state index contributed by atoms with van der Waals surface area (Å²) in [5.74, 6) is -0.783. The number of halogens is 1. The minimum Gasteiger partial charge on any atom is -0.291 e. The molecular weight excluding hydrogens is 294 g/mol. The summed E-state index contributed by atoms with van der Waals surface area (Å²) in [4.78, 5) is 22.0. The van der Waals surface area contributed by atoms with Crippen LogP contribution in [0.15, 0.2) is 24.3 Å². The summed E-state index contributed by atoms with van der Waals surface area (Å²) in [5.41, 5.74) is -0.166. The summed E-state index contributed by atoms with van der Waals surface area (Å²) >= 11 is 5.92. The molecule has 0 fully saturated rings. The van der Waals surface area contributed by atoms with E-state index < -0.39 is 24.8 Å². The molecule has 1 aromatic carbocycles. The second-order valence-corrected chi connectivity index (χ2v) is 7.10. The van der Waals surface area contributed by atoms with Crippen molar-refractivity contribution >= 4 is 32.9 Å². The Bertz CT molecular complexity index is 610. The van der Waals surface area contributed by atoms with E-state index >= 15 is 0 Å². The molecule has 1 atom stereocenters. The predicted molar refractivity (Wildman–Crippen MR) is 71.1 cm³/mol. The van der Waals surface area contributed by atoms with Crippen molar-refractivity contribution in [3.8, 4) is 0 Å². The minimum atomic E-state index is -3.81. The fourth-order valence-electron chi connectivity index (χ4n) is 1.54. The van der Waals surface area contributed by atoms with E-state index in [0.29, 0.717) is 0 Å². The molecule has 8 heteroatoms. The molecule has 0 aliphatic heterocycles. The number of non-ortho nitro benzene ring substituents is 1. The Kier molecular flexibility index (Phi) is 4.32. The molecule has 0 radical (unpaired) electrons. The third kappa shape index (κ3) is 2.93. The van der Waals surface area contributed by atoms with Gasteiger partial charge in [0.2, 0.25) is 4.21 Å². The Hall–Kier alpha value is -1.47. The van der Waals surface area contributed by atoms with Gasteiger partial charge in [0.05, 0.1) is 4.92 Å². The van der Waals surface area contributed by atoms with Crippen LogP contribution >= 0.6 is 11.6 Å². The summed E-state index contributed by atoms with van der Waals surface area (Å²) in [6, 6.07) is 4.64. The third-order valence-electron chi connectivity index (χ3n) is 2.72. The molecule has 0 bridgehead atoms. The number of benzene rings is 1. The number of rotatable bonds is 5. The van der Waals surface area contributed by atoms with Crippen molar-refractivity contribution in [2.75, 3.05) is 6.26 Å². The highest BCUT2D eigenvalue weighted by atomic mass is 35.5. The van der Waals surface area contributed by atoms with Crippen LogP contribution in [0.5, 0.6) is 0 Å². The second kappa shape index (κ2) is 5.26. The van der Waals surface area contributed by atoms with Gasteiger partial charge < -0.3 is 0 Å². The summed E-state index contributed by atoms with van der Waals surface area (Å²) in [6.45, 7) is 1.48. The number of carbonyl (C=O) groups excluding carboxylic acids is 1. The van der Waals surface area contributed by atoms with Crippen molar-refractivity contribution in [2.24, 2.45) is 0 Å². The minimum absolute atomic E-state index is 0.0212. The van der Waals surface area contributed by atoms with Gasteiger partial charge in [0.1, 0.15) is 0 Å². The number of ketones is 1. The van der Waals surface area contributed by atoms with E-state index in [-0.39, 0.29) is 17.7 Å². The topological polar surface area (TPSA) is 94.3 Å². The van der Waals surface area contributed by atoms with Gasteiger partial charge in [0, 0.05) is 24.0 Å². The summed E-state index contributed by atoms with van der Waals surface area (Å²) < 4.78 is 21.2. The maximum absolute atomic E-state index is 12.1. The molecule has 19 heavy (non-hydrogen) atoms. The van der Waals surface area contributed by atoms with Gasteiger partial charge in [0.15, 0.2) is 15.6 Å². The first kappa shape index (κ1) is 15.6. The lowest BCUT2D eigenvalue weighted by molar-refractivity contribution is -0.384. The standard InChI is InChI=1S/C11H12ClNO5S/c1-3-11(12,19(2,17)18)10(14)8-4-6-9(7-5-8)13(15)16/h4-7H,3H2,1-2H3/t11-/m0/s1. The van der Waals surface area contributed by atoms with Crippen LogP contribution in [0.2, 0.25) is 0 Å². The normalized spacial score (nSPS) is 14.7. The zero-order chi connectivity index (χ0) is 14.8. The molecule has 1 aromatic rings.